The van der Waals surface area contributed by atoms with Crippen LogP contribution in [0.3, 0.4) is 0 Å². The van der Waals surface area contributed by atoms with Gasteiger partial charge >= 0.3 is 12.0 Å². The van der Waals surface area contributed by atoms with E-state index in [4.69, 9.17) is 0 Å². The summed E-state index contributed by atoms with van der Waals surface area (Å²) in [6, 6.07) is 0.762. The number of carbonyl (C=O) groups is 2. The van der Waals surface area contributed by atoms with Crippen LogP contribution in [0.25, 0.3) is 0 Å². The van der Waals surface area contributed by atoms with Crippen molar-refractivity contribution in [1.82, 2.24) is 9.80 Å². The van der Waals surface area contributed by atoms with Gasteiger partial charge in [0.2, 0.25) is 0 Å². The standard InChI is InChI=1S/C13H18N2O3S2/c1-14(6-8-19-2)13(18)15-5-3-10-9(4-7-20-10)11(15)12(16)17/h4,7,11H,3,5-6,8H2,1-2H3,(H,16,17). The predicted octanol–water partition coefficient (Wildman–Crippen LogP) is 2.15. The van der Waals surface area contributed by atoms with E-state index in [2.05, 4.69) is 0 Å². The molecule has 1 atom stereocenters. The van der Waals surface area contributed by atoms with Crippen LogP contribution in [0.15, 0.2) is 11.4 Å². The molecule has 0 aromatic carbocycles. The molecule has 1 N–H and O–H groups in total. The van der Waals surface area contributed by atoms with Crippen molar-refractivity contribution in [3.05, 3.63) is 21.9 Å². The molecule has 1 aliphatic rings. The molecule has 0 saturated heterocycles. The first-order chi connectivity index (χ1) is 9.56. The van der Waals surface area contributed by atoms with Crippen LogP contribution in [-0.2, 0) is 11.2 Å². The van der Waals surface area contributed by atoms with Gasteiger partial charge in [-0.2, -0.15) is 11.8 Å². The van der Waals surface area contributed by atoms with Gasteiger partial charge in [-0.15, -0.1) is 11.3 Å². The van der Waals surface area contributed by atoms with Crippen molar-refractivity contribution < 1.29 is 14.7 Å². The molecule has 1 aromatic heterocycles. The molecular weight excluding hydrogens is 296 g/mol. The smallest absolute Gasteiger partial charge is 0.331 e. The Labute approximate surface area is 126 Å². The van der Waals surface area contributed by atoms with E-state index in [1.165, 1.54) is 4.90 Å². The van der Waals surface area contributed by atoms with Gasteiger partial charge in [-0.3, -0.25) is 0 Å². The Kier molecular flexibility index (Phi) is 4.93. The Morgan fingerprint density at radius 2 is 2.35 bits per heavy atom. The Bertz CT molecular complexity index is 504. The van der Waals surface area contributed by atoms with Crippen LogP contribution in [0.5, 0.6) is 0 Å². The highest BCUT2D eigenvalue weighted by molar-refractivity contribution is 7.98. The first kappa shape index (κ1) is 15.2. The van der Waals surface area contributed by atoms with Gasteiger partial charge in [0.15, 0.2) is 6.04 Å². The zero-order valence-corrected chi connectivity index (χ0v) is 13.2. The molecule has 7 heteroatoms. The van der Waals surface area contributed by atoms with E-state index in [0.717, 1.165) is 22.6 Å². The molecule has 5 nitrogen and oxygen atoms in total. The van der Waals surface area contributed by atoms with Crippen LogP contribution in [0.2, 0.25) is 0 Å². The van der Waals surface area contributed by atoms with Crippen LogP contribution in [0, 0.1) is 0 Å². The average molecular weight is 314 g/mol. The summed E-state index contributed by atoms with van der Waals surface area (Å²) in [5, 5.41) is 11.4. The number of hydrogen-bond acceptors (Lipinski definition) is 4. The molecule has 0 saturated carbocycles. The number of carboxylic acids is 1. The highest BCUT2D eigenvalue weighted by atomic mass is 32.2. The second-order valence-electron chi connectivity index (χ2n) is 4.68. The quantitative estimate of drug-likeness (QED) is 0.925. The third kappa shape index (κ3) is 2.93. The molecule has 2 rings (SSSR count). The highest BCUT2D eigenvalue weighted by Crippen LogP contribution is 2.33. The van der Waals surface area contributed by atoms with Crippen LogP contribution >= 0.6 is 23.1 Å². The van der Waals surface area contributed by atoms with Gasteiger partial charge < -0.3 is 14.9 Å². The summed E-state index contributed by atoms with van der Waals surface area (Å²) >= 11 is 3.23. The largest absolute Gasteiger partial charge is 0.479 e. The lowest BCUT2D eigenvalue weighted by atomic mass is 10.0. The van der Waals surface area contributed by atoms with E-state index in [-0.39, 0.29) is 6.03 Å². The van der Waals surface area contributed by atoms with Gasteiger partial charge in [0.05, 0.1) is 0 Å². The van der Waals surface area contributed by atoms with E-state index in [1.54, 1.807) is 35.0 Å². The molecule has 0 aliphatic carbocycles. The van der Waals surface area contributed by atoms with Crippen LogP contribution in [0.4, 0.5) is 4.79 Å². The molecule has 0 fully saturated rings. The van der Waals surface area contributed by atoms with Gasteiger partial charge in [-0.25, -0.2) is 9.59 Å². The van der Waals surface area contributed by atoms with Crippen LogP contribution < -0.4 is 0 Å². The number of amides is 2. The van der Waals surface area contributed by atoms with Crippen LogP contribution in [-0.4, -0.2) is 59.1 Å². The maximum absolute atomic E-state index is 12.4. The number of carboxylic acid groups (broad SMARTS) is 1. The summed E-state index contributed by atoms with van der Waals surface area (Å²) in [4.78, 5) is 28.1. The summed E-state index contributed by atoms with van der Waals surface area (Å²) in [7, 11) is 1.72. The first-order valence-electron chi connectivity index (χ1n) is 6.36. The summed E-state index contributed by atoms with van der Waals surface area (Å²) in [5.74, 6) is -0.117. The van der Waals surface area contributed by atoms with E-state index < -0.39 is 12.0 Å². The van der Waals surface area contributed by atoms with Crippen molar-refractivity contribution in [2.75, 3.05) is 32.1 Å². The first-order valence-corrected chi connectivity index (χ1v) is 8.63. The second kappa shape index (κ2) is 6.49. The molecule has 1 unspecified atom stereocenters. The number of rotatable bonds is 4. The molecule has 0 spiro atoms. The molecule has 1 aliphatic heterocycles. The maximum Gasteiger partial charge on any atom is 0.331 e. The lowest BCUT2D eigenvalue weighted by molar-refractivity contribution is -0.143. The second-order valence-corrected chi connectivity index (χ2v) is 6.67. The molecule has 2 amide bonds. The van der Waals surface area contributed by atoms with Crippen molar-refractivity contribution in [2.24, 2.45) is 0 Å². The number of fused-ring (bicyclic) bond motifs is 1. The van der Waals surface area contributed by atoms with Crippen molar-refractivity contribution in [1.29, 1.82) is 0 Å². The number of aliphatic carboxylic acids is 1. The van der Waals surface area contributed by atoms with Gasteiger partial charge in [0, 0.05) is 30.8 Å². The van der Waals surface area contributed by atoms with Crippen molar-refractivity contribution >= 4 is 35.1 Å². The molecule has 1 aromatic rings. The van der Waals surface area contributed by atoms with E-state index in [9.17, 15) is 14.7 Å². The number of urea groups is 1. The number of thioether (sulfide) groups is 1. The highest BCUT2D eigenvalue weighted by Gasteiger charge is 2.37. The predicted molar refractivity (Wildman–Crippen MR) is 81.5 cm³/mol. The monoisotopic (exact) mass is 314 g/mol. The van der Waals surface area contributed by atoms with Crippen molar-refractivity contribution in [3.63, 3.8) is 0 Å². The summed E-state index contributed by atoms with van der Waals surface area (Å²) in [6.07, 6.45) is 2.72. The number of carbonyl (C=O) groups excluding carboxylic acids is 1. The number of hydrogen-bond donors (Lipinski definition) is 1. The van der Waals surface area contributed by atoms with Gasteiger partial charge in [-0.1, -0.05) is 0 Å². The molecule has 20 heavy (non-hydrogen) atoms. The normalized spacial score (nSPS) is 17.7. The lowest BCUT2D eigenvalue weighted by Gasteiger charge is -2.35. The third-order valence-corrected chi connectivity index (χ3v) is 4.99. The Hall–Kier alpha value is -1.21. The number of nitrogens with zero attached hydrogens (tertiary/aromatic N) is 2. The topological polar surface area (TPSA) is 60.9 Å². The molecule has 0 radical (unpaired) electrons. The minimum atomic E-state index is -0.962. The Morgan fingerprint density at radius 1 is 1.60 bits per heavy atom. The minimum absolute atomic E-state index is 0.205. The van der Waals surface area contributed by atoms with Gasteiger partial charge in [0.1, 0.15) is 0 Å². The molecule has 0 bridgehead atoms. The summed E-state index contributed by atoms with van der Waals surface area (Å²) in [5.41, 5.74) is 0.764. The number of thiophene rings is 1. The SMILES string of the molecule is CSCCN(C)C(=O)N1CCc2sccc2C1C(=O)O. The van der Waals surface area contributed by atoms with E-state index >= 15 is 0 Å². The minimum Gasteiger partial charge on any atom is -0.479 e. The zero-order valence-electron chi connectivity index (χ0n) is 11.5. The maximum atomic E-state index is 12.4. The summed E-state index contributed by atoms with van der Waals surface area (Å²) < 4.78 is 0. The fourth-order valence-corrected chi connectivity index (χ4v) is 3.69. The van der Waals surface area contributed by atoms with Crippen molar-refractivity contribution in [2.45, 2.75) is 12.5 Å². The van der Waals surface area contributed by atoms with E-state index in [0.29, 0.717) is 13.1 Å². The molecular formula is C13H18N2O3S2. The Balaban J connectivity index is 2.19. The van der Waals surface area contributed by atoms with E-state index in [1.807, 2.05) is 17.7 Å². The fourth-order valence-electron chi connectivity index (χ4n) is 2.33. The van der Waals surface area contributed by atoms with Gasteiger partial charge in [0.25, 0.3) is 0 Å². The molecule has 110 valence electrons. The van der Waals surface area contributed by atoms with Gasteiger partial charge in [-0.05, 0) is 29.7 Å². The van der Waals surface area contributed by atoms with Crippen LogP contribution in [0.1, 0.15) is 16.5 Å². The average Bonchev–Trinajstić information content (AvgIpc) is 2.90. The fraction of sp³-hybridized carbons (Fsp3) is 0.538. The third-order valence-electron chi connectivity index (χ3n) is 3.40. The lowest BCUT2D eigenvalue weighted by Crippen LogP contribution is -2.48. The molecule has 2 heterocycles. The Morgan fingerprint density at radius 3 is 3.00 bits per heavy atom. The zero-order chi connectivity index (χ0) is 14.7. The summed E-state index contributed by atoms with van der Waals surface area (Å²) in [6.45, 7) is 1.09. The van der Waals surface area contributed by atoms with Crippen molar-refractivity contribution in [3.8, 4) is 0 Å².